The van der Waals surface area contributed by atoms with Gasteiger partial charge in [0, 0.05) is 0 Å². The Morgan fingerprint density at radius 3 is 2.76 bits per heavy atom. The highest BCUT2D eigenvalue weighted by Gasteiger charge is 2.59. The van der Waals surface area contributed by atoms with Gasteiger partial charge in [-0.3, -0.25) is 9.59 Å². The lowest BCUT2D eigenvalue weighted by molar-refractivity contribution is -0.151. The fourth-order valence-electron chi connectivity index (χ4n) is 6.67. The van der Waals surface area contributed by atoms with Crippen molar-refractivity contribution in [3.63, 3.8) is 0 Å². The first-order valence-electron chi connectivity index (χ1n) is 10.1. The number of aromatic nitrogens is 2. The maximum Gasteiger partial charge on any atom is 0.303 e. The standard InChI is InChI=1S/C21H24ClN3O4/c22-18-16(23-10-15-2-1-3-29-15)11-24-25(19(18)28)21-7-13-4-14(8-21)6-20(5-13,12-21)9-17(26)27/h1-3,11,13-14,23H,4-10,12H2,(H,26,27)/t13-,14-,20?,21?/m1/s1. The summed E-state index contributed by atoms with van der Waals surface area (Å²) in [6.45, 7) is 0.412. The summed E-state index contributed by atoms with van der Waals surface area (Å²) in [6.07, 6.45) is 8.86. The van der Waals surface area contributed by atoms with Crippen LogP contribution in [0.2, 0.25) is 5.02 Å². The molecule has 0 amide bonds. The lowest BCUT2D eigenvalue weighted by atomic mass is 9.46. The predicted molar refractivity (Wildman–Crippen MR) is 107 cm³/mol. The van der Waals surface area contributed by atoms with Gasteiger partial charge in [-0.25, -0.2) is 4.68 Å². The Bertz CT molecular complexity index is 986. The molecule has 2 heterocycles. The second-order valence-electron chi connectivity index (χ2n) is 9.28. The van der Waals surface area contributed by atoms with Crippen molar-refractivity contribution in [2.24, 2.45) is 17.3 Å². The fourth-order valence-corrected chi connectivity index (χ4v) is 6.86. The van der Waals surface area contributed by atoms with Crippen LogP contribution in [0, 0.1) is 17.3 Å². The number of rotatable bonds is 6. The third-order valence-corrected chi connectivity index (χ3v) is 7.44. The van der Waals surface area contributed by atoms with Crippen molar-refractivity contribution in [2.45, 2.75) is 57.0 Å². The molecule has 0 spiro atoms. The van der Waals surface area contributed by atoms with Gasteiger partial charge in [-0.2, -0.15) is 5.10 Å². The highest BCUT2D eigenvalue weighted by Crippen LogP contribution is 2.65. The average Bonchev–Trinajstić information content (AvgIpc) is 3.14. The summed E-state index contributed by atoms with van der Waals surface area (Å²) in [5.74, 6) is 0.902. The number of halogens is 1. The van der Waals surface area contributed by atoms with Crippen molar-refractivity contribution in [2.75, 3.05) is 5.32 Å². The van der Waals surface area contributed by atoms with E-state index in [4.69, 9.17) is 16.0 Å². The number of anilines is 1. The van der Waals surface area contributed by atoms with E-state index in [0.29, 0.717) is 30.5 Å². The van der Waals surface area contributed by atoms with Crippen LogP contribution in [0.5, 0.6) is 0 Å². The van der Waals surface area contributed by atoms with E-state index in [9.17, 15) is 14.7 Å². The number of hydrogen-bond donors (Lipinski definition) is 2. The first-order valence-corrected chi connectivity index (χ1v) is 10.5. The van der Waals surface area contributed by atoms with Gasteiger partial charge in [0.1, 0.15) is 10.8 Å². The molecule has 0 radical (unpaired) electrons. The van der Waals surface area contributed by atoms with Gasteiger partial charge in [0.15, 0.2) is 0 Å². The van der Waals surface area contributed by atoms with Crippen molar-refractivity contribution >= 4 is 23.3 Å². The first-order chi connectivity index (χ1) is 13.9. The second kappa shape index (κ2) is 6.62. The van der Waals surface area contributed by atoms with Crippen molar-refractivity contribution in [3.8, 4) is 0 Å². The normalized spacial score (nSPS) is 32.4. The zero-order valence-electron chi connectivity index (χ0n) is 16.1. The fraction of sp³-hybridized carbons (Fsp3) is 0.571. The lowest BCUT2D eigenvalue weighted by Crippen LogP contribution is -2.59. The maximum absolute atomic E-state index is 13.2. The van der Waals surface area contributed by atoms with Crippen LogP contribution in [0.15, 0.2) is 33.8 Å². The highest BCUT2D eigenvalue weighted by molar-refractivity contribution is 6.32. The molecule has 8 heteroatoms. The van der Waals surface area contributed by atoms with Crippen molar-refractivity contribution < 1.29 is 14.3 Å². The van der Waals surface area contributed by atoms with Crippen LogP contribution in [0.4, 0.5) is 5.69 Å². The summed E-state index contributed by atoms with van der Waals surface area (Å²) in [7, 11) is 0. The molecule has 2 N–H and O–H groups in total. The smallest absolute Gasteiger partial charge is 0.303 e. The minimum Gasteiger partial charge on any atom is -0.481 e. The van der Waals surface area contributed by atoms with Gasteiger partial charge in [0.2, 0.25) is 0 Å². The number of carbonyl (C=O) groups is 1. The Balaban J connectivity index is 1.46. The molecule has 2 aromatic heterocycles. The van der Waals surface area contributed by atoms with E-state index >= 15 is 0 Å². The molecule has 7 nitrogen and oxygen atoms in total. The molecule has 4 aliphatic carbocycles. The molecule has 0 aliphatic heterocycles. The average molecular weight is 418 g/mol. The van der Waals surface area contributed by atoms with E-state index in [1.54, 1.807) is 23.2 Å². The van der Waals surface area contributed by atoms with Crippen molar-refractivity contribution in [3.05, 3.63) is 45.7 Å². The molecule has 2 atom stereocenters. The van der Waals surface area contributed by atoms with E-state index in [-0.39, 0.29) is 22.4 Å². The van der Waals surface area contributed by atoms with Crippen LogP contribution >= 0.6 is 11.6 Å². The molecule has 6 rings (SSSR count). The molecule has 0 aromatic carbocycles. The quantitative estimate of drug-likeness (QED) is 0.740. The number of aliphatic carboxylic acids is 1. The van der Waals surface area contributed by atoms with Crippen LogP contribution in [0.3, 0.4) is 0 Å². The lowest BCUT2D eigenvalue weighted by Gasteiger charge is -2.61. The minimum absolute atomic E-state index is 0.120. The van der Waals surface area contributed by atoms with E-state index in [2.05, 4.69) is 10.4 Å². The molecule has 4 bridgehead atoms. The predicted octanol–water partition coefficient (Wildman–Crippen LogP) is 3.87. The zero-order valence-corrected chi connectivity index (χ0v) is 16.8. The highest BCUT2D eigenvalue weighted by atomic mass is 35.5. The summed E-state index contributed by atoms with van der Waals surface area (Å²) in [5.41, 5.74) is -0.461. The molecular weight excluding hydrogens is 394 g/mol. The molecule has 0 unspecified atom stereocenters. The van der Waals surface area contributed by atoms with Gasteiger partial charge in [-0.05, 0) is 67.9 Å². The maximum atomic E-state index is 13.2. The Morgan fingerprint density at radius 2 is 2.10 bits per heavy atom. The van der Waals surface area contributed by atoms with Crippen LogP contribution in [-0.2, 0) is 16.9 Å². The molecule has 154 valence electrons. The summed E-state index contributed by atoms with van der Waals surface area (Å²) in [6, 6.07) is 3.64. The van der Waals surface area contributed by atoms with E-state index in [1.165, 1.54) is 0 Å². The Morgan fingerprint density at radius 1 is 1.34 bits per heavy atom. The van der Waals surface area contributed by atoms with E-state index < -0.39 is 11.5 Å². The van der Waals surface area contributed by atoms with E-state index in [1.807, 2.05) is 6.07 Å². The number of nitrogens with one attached hydrogen (secondary N) is 1. The van der Waals surface area contributed by atoms with Gasteiger partial charge < -0.3 is 14.8 Å². The molecule has 4 saturated carbocycles. The second-order valence-corrected chi connectivity index (χ2v) is 9.66. The summed E-state index contributed by atoms with van der Waals surface area (Å²) < 4.78 is 6.87. The Kier molecular flexibility index (Phi) is 4.28. The minimum atomic E-state index is -0.752. The van der Waals surface area contributed by atoms with Crippen molar-refractivity contribution in [1.82, 2.24) is 9.78 Å². The monoisotopic (exact) mass is 417 g/mol. The number of hydrogen-bond acceptors (Lipinski definition) is 5. The van der Waals surface area contributed by atoms with Gasteiger partial charge in [-0.1, -0.05) is 11.6 Å². The summed E-state index contributed by atoms with van der Waals surface area (Å²) in [5, 5.41) is 17.2. The molecule has 4 aliphatic rings. The van der Waals surface area contributed by atoms with Gasteiger partial charge in [0.25, 0.3) is 5.56 Å². The van der Waals surface area contributed by atoms with Gasteiger partial charge in [-0.15, -0.1) is 0 Å². The Hall–Kier alpha value is -2.28. The zero-order chi connectivity index (χ0) is 20.2. The molecule has 2 aromatic rings. The van der Waals surface area contributed by atoms with Crippen LogP contribution in [0.1, 0.15) is 50.7 Å². The number of carboxylic acids is 1. The third kappa shape index (κ3) is 3.16. The van der Waals surface area contributed by atoms with Crippen LogP contribution < -0.4 is 10.9 Å². The SMILES string of the molecule is O=C(O)CC12C[C@H]3C[C@H](C1)CC(n1ncc(NCc4ccco4)c(Cl)c1=O)(C3)C2. The van der Waals surface area contributed by atoms with Crippen molar-refractivity contribution in [1.29, 1.82) is 0 Å². The molecule has 4 fully saturated rings. The van der Waals surface area contributed by atoms with E-state index in [0.717, 1.165) is 37.9 Å². The largest absolute Gasteiger partial charge is 0.481 e. The van der Waals surface area contributed by atoms with Gasteiger partial charge in [0.05, 0.1) is 36.7 Å². The van der Waals surface area contributed by atoms with Crippen LogP contribution in [0.25, 0.3) is 0 Å². The summed E-state index contributed by atoms with van der Waals surface area (Å²) >= 11 is 6.44. The third-order valence-electron chi connectivity index (χ3n) is 7.08. The number of nitrogens with zero attached hydrogens (tertiary/aromatic N) is 2. The number of carboxylic acid groups (broad SMARTS) is 1. The summed E-state index contributed by atoms with van der Waals surface area (Å²) in [4.78, 5) is 24.7. The topological polar surface area (TPSA) is 97.4 Å². The van der Waals surface area contributed by atoms with Crippen LogP contribution in [-0.4, -0.2) is 20.9 Å². The van der Waals surface area contributed by atoms with Gasteiger partial charge >= 0.3 is 5.97 Å². The number of furan rings is 1. The Labute approximate surface area is 173 Å². The molecule has 0 saturated heterocycles. The molecular formula is C21H24ClN3O4. The first kappa shape index (κ1) is 18.7. The molecule has 29 heavy (non-hydrogen) atoms.